The third-order valence-corrected chi connectivity index (χ3v) is 4.00. The Kier molecular flexibility index (Phi) is 7.52. The molecule has 0 bridgehead atoms. The van der Waals surface area contributed by atoms with Crippen LogP contribution < -0.4 is 0 Å². The van der Waals surface area contributed by atoms with Crippen molar-refractivity contribution in [3.05, 3.63) is 70.8 Å². The molecular weight excluding hydrogens is 385 g/mol. The molecule has 0 amide bonds. The molecule has 0 N–H and O–H groups in total. The Morgan fingerprint density at radius 2 is 1.83 bits per heavy atom. The first kappa shape index (κ1) is 22.1. The van der Waals surface area contributed by atoms with Gasteiger partial charge in [-0.15, -0.1) is 0 Å². The van der Waals surface area contributed by atoms with Gasteiger partial charge in [-0.1, -0.05) is 41.6 Å². The van der Waals surface area contributed by atoms with E-state index in [-0.39, 0.29) is 12.3 Å². The van der Waals surface area contributed by atoms with Gasteiger partial charge in [0.2, 0.25) is 0 Å². The van der Waals surface area contributed by atoms with Gasteiger partial charge in [0.25, 0.3) is 0 Å². The van der Waals surface area contributed by atoms with Crippen molar-refractivity contribution in [1.82, 2.24) is 0 Å². The summed E-state index contributed by atoms with van der Waals surface area (Å²) in [6.45, 7) is 3.75. The van der Waals surface area contributed by atoms with Crippen molar-refractivity contribution < 1.29 is 27.5 Å². The molecule has 0 unspecified atom stereocenters. The third-order valence-electron chi connectivity index (χ3n) is 4.00. The Bertz CT molecular complexity index is 921. The summed E-state index contributed by atoms with van der Waals surface area (Å²) in [7, 11) is 1.27. The Balaban J connectivity index is 2.21. The molecule has 29 heavy (non-hydrogen) atoms. The number of hydrogen-bond acceptors (Lipinski definition) is 5. The van der Waals surface area contributed by atoms with Crippen LogP contribution in [0.1, 0.15) is 36.1 Å². The number of nitrogens with zero attached hydrogens (tertiary/aromatic N) is 2. The Morgan fingerprint density at radius 3 is 2.48 bits per heavy atom. The summed E-state index contributed by atoms with van der Waals surface area (Å²) in [5, 5.41) is 3.92. The topological polar surface area (TPSA) is 60.2 Å². The summed E-state index contributed by atoms with van der Waals surface area (Å²) in [5.41, 5.74) is 1.21. The van der Waals surface area contributed by atoms with Gasteiger partial charge < -0.3 is 9.57 Å². The van der Waals surface area contributed by atoms with Crippen molar-refractivity contribution in [3.63, 3.8) is 0 Å². The molecular formula is C21H21F3N2O3. The van der Waals surface area contributed by atoms with Gasteiger partial charge >= 0.3 is 12.1 Å². The van der Waals surface area contributed by atoms with E-state index < -0.39 is 17.7 Å². The van der Waals surface area contributed by atoms with Crippen molar-refractivity contribution >= 4 is 17.4 Å². The molecule has 0 atom stereocenters. The first-order chi connectivity index (χ1) is 13.8. The van der Waals surface area contributed by atoms with Crippen LogP contribution in [-0.2, 0) is 27.2 Å². The van der Waals surface area contributed by atoms with E-state index in [1.54, 1.807) is 38.1 Å². The number of oxime groups is 1. The van der Waals surface area contributed by atoms with Gasteiger partial charge in [-0.25, -0.2) is 4.79 Å². The second-order valence-corrected chi connectivity index (χ2v) is 6.00. The van der Waals surface area contributed by atoms with E-state index in [9.17, 15) is 18.0 Å². The standard InChI is InChI=1S/C21H21F3N2O3/c1-4-25-19(20(27)28-3)18-11-6-5-8-16(18)13-29-26-14(2)15-9-7-10-17(12-15)21(22,23)24/h5-12H,4,13H2,1-3H3/b25-19?,26-14+. The lowest BCUT2D eigenvalue weighted by atomic mass is 10.0. The predicted molar refractivity (Wildman–Crippen MR) is 104 cm³/mol. The van der Waals surface area contributed by atoms with Gasteiger partial charge in [0.15, 0.2) is 5.71 Å². The molecule has 0 aromatic heterocycles. The molecule has 0 saturated carbocycles. The molecule has 2 rings (SSSR count). The highest BCUT2D eigenvalue weighted by Crippen LogP contribution is 2.29. The lowest BCUT2D eigenvalue weighted by Gasteiger charge is -2.11. The number of esters is 1. The third kappa shape index (κ3) is 5.91. The van der Waals surface area contributed by atoms with E-state index in [2.05, 4.69) is 10.1 Å². The quantitative estimate of drug-likeness (QED) is 0.383. The summed E-state index contributed by atoms with van der Waals surface area (Å²) in [6.07, 6.45) is -4.43. The van der Waals surface area contributed by atoms with Gasteiger partial charge in [-0.05, 0) is 31.5 Å². The molecule has 0 heterocycles. The lowest BCUT2D eigenvalue weighted by molar-refractivity contribution is -0.137. The summed E-state index contributed by atoms with van der Waals surface area (Å²) in [5.74, 6) is -0.567. The van der Waals surface area contributed by atoms with Gasteiger partial charge in [0, 0.05) is 17.7 Å². The molecule has 0 saturated heterocycles. The van der Waals surface area contributed by atoms with Crippen molar-refractivity contribution in [1.29, 1.82) is 0 Å². The minimum atomic E-state index is -4.43. The summed E-state index contributed by atoms with van der Waals surface area (Å²) in [4.78, 5) is 21.6. The van der Waals surface area contributed by atoms with E-state index >= 15 is 0 Å². The van der Waals surface area contributed by atoms with Crippen molar-refractivity contribution in [3.8, 4) is 0 Å². The van der Waals surface area contributed by atoms with Crippen LogP contribution in [0.2, 0.25) is 0 Å². The first-order valence-corrected chi connectivity index (χ1v) is 8.83. The molecule has 0 radical (unpaired) electrons. The van der Waals surface area contributed by atoms with E-state index in [0.717, 1.165) is 12.1 Å². The maximum atomic E-state index is 12.9. The van der Waals surface area contributed by atoms with Crippen LogP contribution in [0.3, 0.4) is 0 Å². The number of halogens is 3. The Hall–Kier alpha value is -3.16. The number of carbonyl (C=O) groups is 1. The van der Waals surface area contributed by atoms with E-state index in [0.29, 0.717) is 28.9 Å². The molecule has 0 aliphatic carbocycles. The Labute approximate surface area is 166 Å². The highest BCUT2D eigenvalue weighted by Gasteiger charge is 2.30. The van der Waals surface area contributed by atoms with Gasteiger partial charge in [0.1, 0.15) is 6.61 Å². The number of benzene rings is 2. The number of methoxy groups -OCH3 is 1. The molecule has 0 aliphatic rings. The molecule has 2 aromatic rings. The van der Waals surface area contributed by atoms with Crippen LogP contribution in [-0.4, -0.2) is 31.0 Å². The fraction of sp³-hybridized carbons (Fsp3) is 0.286. The van der Waals surface area contributed by atoms with Crippen molar-refractivity contribution in [2.75, 3.05) is 13.7 Å². The largest absolute Gasteiger partial charge is 0.464 e. The molecule has 154 valence electrons. The van der Waals surface area contributed by atoms with E-state index in [1.165, 1.54) is 19.2 Å². The minimum absolute atomic E-state index is 0.00615. The van der Waals surface area contributed by atoms with Crippen LogP contribution in [0.15, 0.2) is 58.7 Å². The zero-order valence-electron chi connectivity index (χ0n) is 16.3. The van der Waals surface area contributed by atoms with Gasteiger partial charge in [-0.3, -0.25) is 4.99 Å². The molecule has 8 heteroatoms. The average molecular weight is 406 g/mol. The van der Waals surface area contributed by atoms with Crippen LogP contribution in [0, 0.1) is 0 Å². The maximum absolute atomic E-state index is 12.9. The van der Waals surface area contributed by atoms with Crippen molar-refractivity contribution in [2.24, 2.45) is 10.1 Å². The average Bonchev–Trinajstić information content (AvgIpc) is 2.71. The summed E-state index contributed by atoms with van der Waals surface area (Å²) in [6, 6.07) is 11.8. The number of rotatable bonds is 7. The zero-order valence-corrected chi connectivity index (χ0v) is 16.3. The summed E-state index contributed by atoms with van der Waals surface area (Å²) >= 11 is 0. The number of ether oxygens (including phenoxy) is 1. The van der Waals surface area contributed by atoms with Crippen molar-refractivity contribution in [2.45, 2.75) is 26.6 Å². The number of carbonyl (C=O) groups excluding carboxylic acids is 1. The second kappa shape index (κ2) is 9.86. The predicted octanol–water partition coefficient (Wildman–Crippen LogP) is 4.63. The molecule has 0 fully saturated rings. The monoisotopic (exact) mass is 406 g/mol. The molecule has 0 aliphatic heterocycles. The minimum Gasteiger partial charge on any atom is -0.464 e. The van der Waals surface area contributed by atoms with Crippen LogP contribution in [0.25, 0.3) is 0 Å². The lowest BCUT2D eigenvalue weighted by Crippen LogP contribution is -2.19. The Morgan fingerprint density at radius 1 is 1.10 bits per heavy atom. The first-order valence-electron chi connectivity index (χ1n) is 8.83. The summed E-state index contributed by atoms with van der Waals surface area (Å²) < 4.78 is 43.4. The SMILES string of the molecule is CCN=C(C(=O)OC)c1ccccc1CO/N=C(\C)c1cccc(C(F)(F)F)c1. The highest BCUT2D eigenvalue weighted by atomic mass is 19.4. The normalized spacial score (nSPS) is 12.6. The van der Waals surface area contributed by atoms with Crippen LogP contribution >= 0.6 is 0 Å². The number of alkyl halides is 3. The van der Waals surface area contributed by atoms with Gasteiger partial charge in [0.05, 0.1) is 18.4 Å². The highest BCUT2D eigenvalue weighted by molar-refractivity contribution is 6.43. The molecule has 5 nitrogen and oxygen atoms in total. The fourth-order valence-corrected chi connectivity index (χ4v) is 2.56. The molecule has 0 spiro atoms. The van der Waals surface area contributed by atoms with Crippen LogP contribution in [0.4, 0.5) is 13.2 Å². The fourth-order valence-electron chi connectivity index (χ4n) is 2.56. The van der Waals surface area contributed by atoms with E-state index in [4.69, 9.17) is 9.57 Å². The maximum Gasteiger partial charge on any atom is 0.416 e. The zero-order chi connectivity index (χ0) is 21.4. The number of aliphatic imine (C=N–C) groups is 1. The van der Waals surface area contributed by atoms with Gasteiger partial charge in [-0.2, -0.15) is 13.2 Å². The molecule has 2 aromatic carbocycles. The smallest absolute Gasteiger partial charge is 0.416 e. The number of hydrogen-bond donors (Lipinski definition) is 0. The van der Waals surface area contributed by atoms with E-state index in [1.807, 2.05) is 0 Å². The second-order valence-electron chi connectivity index (χ2n) is 6.00. The van der Waals surface area contributed by atoms with Crippen LogP contribution in [0.5, 0.6) is 0 Å².